The molecule has 30 heavy (non-hydrogen) atoms. The lowest BCUT2D eigenvalue weighted by Gasteiger charge is -2.18. The van der Waals surface area contributed by atoms with Crippen LogP contribution in [0.25, 0.3) is 11.3 Å². The van der Waals surface area contributed by atoms with Crippen LogP contribution in [0.15, 0.2) is 30.5 Å². The van der Waals surface area contributed by atoms with Crippen molar-refractivity contribution in [3.05, 3.63) is 59.0 Å². The summed E-state index contributed by atoms with van der Waals surface area (Å²) in [6, 6.07) is 4.73. The third-order valence-corrected chi connectivity index (χ3v) is 5.42. The molecule has 8 heteroatoms. The van der Waals surface area contributed by atoms with Crippen LogP contribution >= 0.6 is 0 Å². The fourth-order valence-corrected chi connectivity index (χ4v) is 3.87. The number of nitrogens with one attached hydrogen (secondary N) is 1. The van der Waals surface area contributed by atoms with Crippen LogP contribution in [0, 0.1) is 17.5 Å². The first-order valence-corrected chi connectivity index (χ1v) is 9.64. The van der Waals surface area contributed by atoms with Gasteiger partial charge in [0, 0.05) is 23.7 Å². The van der Waals surface area contributed by atoms with Crippen molar-refractivity contribution >= 4 is 5.95 Å². The number of imidazole rings is 1. The van der Waals surface area contributed by atoms with E-state index in [9.17, 15) is 13.2 Å². The molecule has 1 aliphatic rings. The summed E-state index contributed by atoms with van der Waals surface area (Å²) in [6.07, 6.45) is 3.46. The van der Waals surface area contributed by atoms with Crippen molar-refractivity contribution < 1.29 is 22.6 Å². The highest BCUT2D eigenvalue weighted by atomic mass is 19.2. The second-order valence-corrected chi connectivity index (χ2v) is 7.24. The van der Waals surface area contributed by atoms with E-state index in [4.69, 9.17) is 9.47 Å². The van der Waals surface area contributed by atoms with Crippen molar-refractivity contribution in [1.29, 1.82) is 0 Å². The number of fused-ring (bicyclic) bond motifs is 3. The molecule has 0 fully saturated rings. The lowest BCUT2D eigenvalue weighted by Crippen LogP contribution is -2.14. The SMILES string of the molecule is COc1cc2c(cc1OC)-c1cnc(NC(C)c3cc(F)c(F)cc3F)n1CCC2. The summed E-state index contributed by atoms with van der Waals surface area (Å²) >= 11 is 0. The average Bonchev–Trinajstić information content (AvgIpc) is 3.02. The highest BCUT2D eigenvalue weighted by Crippen LogP contribution is 2.39. The number of ether oxygens (including phenoxy) is 2. The van der Waals surface area contributed by atoms with E-state index in [1.54, 1.807) is 27.3 Å². The number of benzene rings is 2. The van der Waals surface area contributed by atoms with Crippen molar-refractivity contribution in [2.45, 2.75) is 32.4 Å². The molecule has 4 rings (SSSR count). The van der Waals surface area contributed by atoms with Gasteiger partial charge in [0.25, 0.3) is 0 Å². The van der Waals surface area contributed by atoms with Gasteiger partial charge in [-0.1, -0.05) is 0 Å². The maximum atomic E-state index is 14.2. The molecule has 0 amide bonds. The summed E-state index contributed by atoms with van der Waals surface area (Å²) in [6.45, 7) is 2.37. The third kappa shape index (κ3) is 3.46. The molecule has 0 aliphatic carbocycles. The minimum atomic E-state index is -1.21. The topological polar surface area (TPSA) is 48.3 Å². The Kier molecular flexibility index (Phi) is 5.32. The fraction of sp³-hybridized carbons (Fsp3) is 0.318. The summed E-state index contributed by atoms with van der Waals surface area (Å²) in [5, 5.41) is 3.13. The van der Waals surface area contributed by atoms with Crippen LogP contribution in [0.2, 0.25) is 0 Å². The van der Waals surface area contributed by atoms with Crippen LogP contribution in [0.3, 0.4) is 0 Å². The van der Waals surface area contributed by atoms with Crippen LogP contribution in [0.5, 0.6) is 11.5 Å². The summed E-state index contributed by atoms with van der Waals surface area (Å²) in [7, 11) is 3.19. The zero-order valence-electron chi connectivity index (χ0n) is 16.9. The molecule has 1 unspecified atom stereocenters. The molecule has 158 valence electrons. The molecule has 0 spiro atoms. The summed E-state index contributed by atoms with van der Waals surface area (Å²) in [5.41, 5.74) is 3.03. The van der Waals surface area contributed by atoms with Crippen molar-refractivity contribution in [3.63, 3.8) is 0 Å². The van der Waals surface area contributed by atoms with E-state index in [0.717, 1.165) is 35.7 Å². The predicted octanol–water partition coefficient (Wildman–Crippen LogP) is 5.10. The Morgan fingerprint density at radius 2 is 1.70 bits per heavy atom. The first kappa shape index (κ1) is 20.1. The largest absolute Gasteiger partial charge is 0.493 e. The van der Waals surface area contributed by atoms with Gasteiger partial charge in [0.1, 0.15) is 5.82 Å². The summed E-state index contributed by atoms with van der Waals surface area (Å²) < 4.78 is 53.9. The molecule has 0 radical (unpaired) electrons. The first-order valence-electron chi connectivity index (χ1n) is 9.64. The summed E-state index contributed by atoms with van der Waals surface area (Å²) in [4.78, 5) is 4.46. The van der Waals surface area contributed by atoms with Crippen LogP contribution in [-0.4, -0.2) is 23.8 Å². The highest BCUT2D eigenvalue weighted by molar-refractivity contribution is 5.70. The number of methoxy groups -OCH3 is 2. The van der Waals surface area contributed by atoms with E-state index >= 15 is 0 Å². The molecule has 3 aromatic rings. The Labute approximate surface area is 172 Å². The van der Waals surface area contributed by atoms with Gasteiger partial charge in [0.2, 0.25) is 5.95 Å². The average molecular weight is 417 g/mol. The number of aromatic nitrogens is 2. The Bertz CT molecular complexity index is 1100. The second kappa shape index (κ2) is 7.93. The molecule has 2 heterocycles. The third-order valence-electron chi connectivity index (χ3n) is 5.42. The monoisotopic (exact) mass is 417 g/mol. The lowest BCUT2D eigenvalue weighted by molar-refractivity contribution is 0.354. The number of anilines is 1. The molecule has 1 aromatic heterocycles. The number of hydrogen-bond acceptors (Lipinski definition) is 4. The van der Waals surface area contributed by atoms with Gasteiger partial charge in [-0.15, -0.1) is 0 Å². The quantitative estimate of drug-likeness (QED) is 0.587. The van der Waals surface area contributed by atoms with E-state index in [2.05, 4.69) is 10.3 Å². The fourth-order valence-electron chi connectivity index (χ4n) is 3.87. The van der Waals surface area contributed by atoms with E-state index < -0.39 is 23.5 Å². The molecule has 1 aliphatic heterocycles. The van der Waals surface area contributed by atoms with Crippen LogP contribution in [-0.2, 0) is 13.0 Å². The van der Waals surface area contributed by atoms with Crippen LogP contribution in [0.4, 0.5) is 19.1 Å². The Morgan fingerprint density at radius 3 is 2.43 bits per heavy atom. The van der Waals surface area contributed by atoms with Crippen LogP contribution in [0.1, 0.15) is 30.5 Å². The molecular weight excluding hydrogens is 395 g/mol. The van der Waals surface area contributed by atoms with Gasteiger partial charge in [-0.3, -0.25) is 0 Å². The van der Waals surface area contributed by atoms with E-state index in [1.165, 1.54) is 0 Å². The maximum Gasteiger partial charge on any atom is 0.203 e. The number of halogens is 3. The van der Waals surface area contributed by atoms with E-state index in [-0.39, 0.29) is 5.56 Å². The van der Waals surface area contributed by atoms with Gasteiger partial charge in [0.05, 0.1) is 32.2 Å². The van der Waals surface area contributed by atoms with Crippen molar-refractivity contribution in [1.82, 2.24) is 9.55 Å². The smallest absolute Gasteiger partial charge is 0.203 e. The molecule has 0 saturated carbocycles. The van der Waals surface area contributed by atoms with E-state index in [1.807, 2.05) is 16.7 Å². The molecule has 1 atom stereocenters. The minimum absolute atomic E-state index is 0.0340. The number of aryl methyl sites for hydroxylation is 1. The van der Waals surface area contributed by atoms with Crippen molar-refractivity contribution in [2.24, 2.45) is 0 Å². The minimum Gasteiger partial charge on any atom is -0.493 e. The van der Waals surface area contributed by atoms with Gasteiger partial charge in [-0.2, -0.15) is 0 Å². The summed E-state index contributed by atoms with van der Waals surface area (Å²) in [5.74, 6) is -1.28. The predicted molar refractivity (Wildman–Crippen MR) is 107 cm³/mol. The molecular formula is C22H22F3N3O2. The number of rotatable bonds is 5. The molecule has 0 saturated heterocycles. The van der Waals surface area contributed by atoms with Crippen molar-refractivity contribution in [2.75, 3.05) is 19.5 Å². The van der Waals surface area contributed by atoms with Gasteiger partial charge in [-0.05, 0) is 43.5 Å². The number of nitrogens with zero attached hydrogens (tertiary/aromatic N) is 2. The Hall–Kier alpha value is -3.16. The van der Waals surface area contributed by atoms with Gasteiger partial charge >= 0.3 is 0 Å². The van der Waals surface area contributed by atoms with Crippen LogP contribution < -0.4 is 14.8 Å². The molecule has 1 N–H and O–H groups in total. The highest BCUT2D eigenvalue weighted by Gasteiger charge is 2.23. The zero-order valence-corrected chi connectivity index (χ0v) is 16.9. The standard InChI is InChI=1S/C22H22F3N3O2/c1-12(14-8-17(24)18(25)10-16(14)23)27-22-26-11-19-15-9-21(30-3)20(29-2)7-13(15)5-4-6-28(19)22/h7-12H,4-6H2,1-3H3,(H,26,27). The van der Waals surface area contributed by atoms with Gasteiger partial charge in [-0.25, -0.2) is 18.2 Å². The molecule has 0 bridgehead atoms. The number of hydrogen-bond donors (Lipinski definition) is 1. The normalized spacial score (nSPS) is 13.8. The Balaban J connectivity index is 1.70. The van der Waals surface area contributed by atoms with Crippen molar-refractivity contribution in [3.8, 4) is 22.8 Å². The van der Waals surface area contributed by atoms with Gasteiger partial charge < -0.3 is 19.4 Å². The maximum absolute atomic E-state index is 14.2. The molecule has 5 nitrogen and oxygen atoms in total. The second-order valence-electron chi connectivity index (χ2n) is 7.24. The van der Waals surface area contributed by atoms with E-state index in [0.29, 0.717) is 30.1 Å². The lowest BCUT2D eigenvalue weighted by atomic mass is 10.0. The zero-order chi connectivity index (χ0) is 21.4. The first-order chi connectivity index (χ1) is 14.4. The van der Waals surface area contributed by atoms with Gasteiger partial charge in [0.15, 0.2) is 23.1 Å². The molecule has 2 aromatic carbocycles. The Morgan fingerprint density at radius 1 is 1.00 bits per heavy atom.